The Morgan fingerprint density at radius 2 is 1.86 bits per heavy atom. The molecule has 1 aromatic carbocycles. The summed E-state index contributed by atoms with van der Waals surface area (Å²) in [5, 5.41) is 13.9. The summed E-state index contributed by atoms with van der Waals surface area (Å²) in [5.41, 5.74) is 3.33. The van der Waals surface area contributed by atoms with Crippen LogP contribution in [-0.2, 0) is 17.8 Å². The molecule has 0 unspecified atom stereocenters. The monoisotopic (exact) mass is 400 g/mol. The first-order valence-electron chi connectivity index (χ1n) is 9.67. The fourth-order valence-electron chi connectivity index (χ4n) is 2.92. The van der Waals surface area contributed by atoms with Crippen molar-refractivity contribution in [1.29, 1.82) is 0 Å². The molecule has 0 aliphatic carbocycles. The predicted molar refractivity (Wildman–Crippen MR) is 111 cm³/mol. The second kappa shape index (κ2) is 10.4. The Kier molecular flexibility index (Phi) is 7.62. The first-order chi connectivity index (χ1) is 13.7. The summed E-state index contributed by atoms with van der Waals surface area (Å²) in [5.74, 6) is 1.74. The van der Waals surface area contributed by atoms with Crippen molar-refractivity contribution in [3.63, 3.8) is 0 Å². The van der Waals surface area contributed by atoms with E-state index in [0.29, 0.717) is 12.4 Å². The second-order valence-corrected chi connectivity index (χ2v) is 7.76. The van der Waals surface area contributed by atoms with E-state index in [0.717, 1.165) is 54.5 Å². The lowest BCUT2D eigenvalue weighted by molar-refractivity contribution is 0.184. The molecular weight excluding hydrogens is 372 g/mol. The van der Waals surface area contributed by atoms with Gasteiger partial charge in [0.25, 0.3) is 0 Å². The van der Waals surface area contributed by atoms with E-state index in [-0.39, 0.29) is 0 Å². The van der Waals surface area contributed by atoms with Gasteiger partial charge in [0.2, 0.25) is 5.82 Å². The van der Waals surface area contributed by atoms with Crippen LogP contribution in [0.5, 0.6) is 0 Å². The van der Waals surface area contributed by atoms with Gasteiger partial charge in [-0.2, -0.15) is 4.80 Å². The number of methoxy groups -OCH3 is 1. The number of unbranched alkanes of at least 4 members (excludes halogenated alkanes) is 2. The van der Waals surface area contributed by atoms with E-state index in [9.17, 15) is 0 Å². The third-order valence-corrected chi connectivity index (χ3v) is 5.72. The molecule has 0 aliphatic rings. The highest BCUT2D eigenvalue weighted by Gasteiger charge is 2.11. The van der Waals surface area contributed by atoms with Crippen LogP contribution in [0.3, 0.4) is 0 Å². The summed E-state index contributed by atoms with van der Waals surface area (Å²) in [6, 6.07) is 9.95. The van der Waals surface area contributed by atoms with Crippen LogP contribution >= 0.6 is 11.8 Å². The van der Waals surface area contributed by atoms with Crippen LogP contribution in [0.4, 0.5) is 0 Å². The fraction of sp³-hybridized carbons (Fsp3) is 0.500. The van der Waals surface area contributed by atoms with Crippen molar-refractivity contribution in [2.24, 2.45) is 0 Å². The molecule has 0 amide bonds. The van der Waals surface area contributed by atoms with Gasteiger partial charge in [0.05, 0.1) is 18.8 Å². The zero-order valence-electron chi connectivity index (χ0n) is 16.8. The number of thioether (sulfide) groups is 1. The summed E-state index contributed by atoms with van der Waals surface area (Å²) in [6.07, 6.45) is 3.31. The van der Waals surface area contributed by atoms with Gasteiger partial charge in [0, 0.05) is 30.7 Å². The Bertz CT molecular complexity index is 861. The summed E-state index contributed by atoms with van der Waals surface area (Å²) >= 11 is 1.83. The van der Waals surface area contributed by atoms with E-state index in [4.69, 9.17) is 9.72 Å². The van der Waals surface area contributed by atoms with Crippen LogP contribution < -0.4 is 0 Å². The highest BCUT2D eigenvalue weighted by atomic mass is 32.2. The van der Waals surface area contributed by atoms with Gasteiger partial charge in [0.15, 0.2) is 5.16 Å². The van der Waals surface area contributed by atoms with Crippen molar-refractivity contribution in [1.82, 2.24) is 29.8 Å². The molecule has 0 N–H and O–H groups in total. The van der Waals surface area contributed by atoms with E-state index < -0.39 is 0 Å². The number of nitrogens with zero attached hydrogens (tertiary/aromatic N) is 6. The standard InChI is InChI=1S/C20H28N6OS/c1-16-17(2)25(13-14-27-3)20(21-16)28-15-9-5-8-12-26-23-19(22-24-26)18-10-6-4-7-11-18/h4,6-7,10-11H,5,8-9,12-15H2,1-3H3. The van der Waals surface area contributed by atoms with Crippen LogP contribution in [0.2, 0.25) is 0 Å². The Labute approximate surface area is 170 Å². The summed E-state index contributed by atoms with van der Waals surface area (Å²) in [4.78, 5) is 6.39. The number of aromatic nitrogens is 6. The largest absolute Gasteiger partial charge is 0.383 e. The minimum Gasteiger partial charge on any atom is -0.383 e. The third-order valence-electron chi connectivity index (χ3n) is 4.66. The number of hydrogen-bond acceptors (Lipinski definition) is 6. The molecule has 0 fully saturated rings. The number of benzene rings is 1. The minimum atomic E-state index is 0.685. The number of aryl methyl sites for hydroxylation is 2. The van der Waals surface area contributed by atoms with E-state index >= 15 is 0 Å². The number of imidazole rings is 1. The van der Waals surface area contributed by atoms with E-state index in [2.05, 4.69) is 33.8 Å². The molecule has 0 spiro atoms. The maximum Gasteiger partial charge on any atom is 0.204 e. The molecule has 0 bridgehead atoms. The van der Waals surface area contributed by atoms with Gasteiger partial charge in [-0.3, -0.25) is 0 Å². The van der Waals surface area contributed by atoms with Crippen molar-refractivity contribution < 1.29 is 4.74 Å². The normalized spacial score (nSPS) is 11.2. The molecule has 0 saturated heterocycles. The molecule has 0 saturated carbocycles. The van der Waals surface area contributed by atoms with Crippen molar-refractivity contribution in [2.75, 3.05) is 19.5 Å². The molecule has 150 valence electrons. The maximum atomic E-state index is 5.22. The van der Waals surface area contributed by atoms with Gasteiger partial charge in [-0.05, 0) is 31.9 Å². The van der Waals surface area contributed by atoms with E-state index in [1.165, 1.54) is 5.69 Å². The molecule has 3 rings (SSSR count). The zero-order chi connectivity index (χ0) is 19.8. The summed E-state index contributed by atoms with van der Waals surface area (Å²) in [7, 11) is 1.73. The Morgan fingerprint density at radius 1 is 1.04 bits per heavy atom. The zero-order valence-corrected chi connectivity index (χ0v) is 17.7. The van der Waals surface area contributed by atoms with Crippen LogP contribution in [0.25, 0.3) is 11.4 Å². The molecule has 28 heavy (non-hydrogen) atoms. The van der Waals surface area contributed by atoms with Crippen molar-refractivity contribution in [3.8, 4) is 11.4 Å². The van der Waals surface area contributed by atoms with Gasteiger partial charge >= 0.3 is 0 Å². The average Bonchev–Trinajstić information content (AvgIpc) is 3.29. The molecule has 2 aromatic heterocycles. The molecule has 2 heterocycles. The highest BCUT2D eigenvalue weighted by molar-refractivity contribution is 7.99. The van der Waals surface area contributed by atoms with Gasteiger partial charge in [-0.25, -0.2) is 4.98 Å². The summed E-state index contributed by atoms with van der Waals surface area (Å²) in [6.45, 7) is 6.55. The quantitative estimate of drug-likeness (QED) is 0.360. The Morgan fingerprint density at radius 3 is 2.64 bits per heavy atom. The Hall–Kier alpha value is -2.19. The van der Waals surface area contributed by atoms with Gasteiger partial charge < -0.3 is 9.30 Å². The van der Waals surface area contributed by atoms with Gasteiger partial charge in [0.1, 0.15) is 0 Å². The second-order valence-electron chi connectivity index (χ2n) is 6.69. The SMILES string of the molecule is COCCn1c(SCCCCCn2nnc(-c3ccccc3)n2)nc(C)c1C. The lowest BCUT2D eigenvalue weighted by atomic mass is 10.2. The lowest BCUT2D eigenvalue weighted by Gasteiger charge is -2.09. The van der Waals surface area contributed by atoms with E-state index in [1.807, 2.05) is 42.1 Å². The Balaban J connectivity index is 1.39. The molecule has 0 atom stereocenters. The molecule has 0 aliphatic heterocycles. The first kappa shape index (κ1) is 20.5. The van der Waals surface area contributed by atoms with Crippen LogP contribution in [0, 0.1) is 13.8 Å². The van der Waals surface area contributed by atoms with Crippen molar-refractivity contribution >= 4 is 11.8 Å². The first-order valence-corrected chi connectivity index (χ1v) is 10.7. The van der Waals surface area contributed by atoms with Gasteiger partial charge in [-0.1, -0.05) is 48.5 Å². The molecule has 7 nitrogen and oxygen atoms in total. The molecule has 8 heteroatoms. The van der Waals surface area contributed by atoms with Crippen LogP contribution in [0.15, 0.2) is 35.5 Å². The van der Waals surface area contributed by atoms with Gasteiger partial charge in [-0.15, -0.1) is 10.2 Å². The topological polar surface area (TPSA) is 70.7 Å². The minimum absolute atomic E-state index is 0.685. The summed E-state index contributed by atoms with van der Waals surface area (Å²) < 4.78 is 7.48. The maximum absolute atomic E-state index is 5.22. The smallest absolute Gasteiger partial charge is 0.204 e. The van der Waals surface area contributed by atoms with E-state index in [1.54, 1.807) is 11.9 Å². The molecule has 0 radical (unpaired) electrons. The fourth-order valence-corrected chi connectivity index (χ4v) is 4.03. The number of ether oxygens (including phenoxy) is 1. The highest BCUT2D eigenvalue weighted by Crippen LogP contribution is 2.22. The predicted octanol–water partition coefficient (Wildman–Crippen LogP) is 3.76. The number of rotatable bonds is 11. The molecule has 3 aromatic rings. The third kappa shape index (κ3) is 5.42. The van der Waals surface area contributed by atoms with Crippen LogP contribution in [-0.4, -0.2) is 49.2 Å². The van der Waals surface area contributed by atoms with Crippen LogP contribution in [0.1, 0.15) is 30.7 Å². The molecular formula is C20H28N6OS. The number of hydrogen-bond donors (Lipinski definition) is 0. The van der Waals surface area contributed by atoms with Crippen molar-refractivity contribution in [2.45, 2.75) is 51.4 Å². The number of tetrazole rings is 1. The average molecular weight is 401 g/mol. The lowest BCUT2D eigenvalue weighted by Crippen LogP contribution is -2.07. The van der Waals surface area contributed by atoms with Crippen molar-refractivity contribution in [3.05, 3.63) is 41.7 Å².